The summed E-state index contributed by atoms with van der Waals surface area (Å²) in [6.07, 6.45) is -0.945. The van der Waals surface area contributed by atoms with Gasteiger partial charge in [0, 0.05) is 32.3 Å². The lowest BCUT2D eigenvalue weighted by Crippen LogP contribution is -2.36. The van der Waals surface area contributed by atoms with E-state index in [1.165, 1.54) is 13.1 Å². The molecule has 1 atom stereocenters. The van der Waals surface area contributed by atoms with Crippen LogP contribution in [0, 0.1) is 6.92 Å². The zero-order valence-corrected chi connectivity index (χ0v) is 14.3. The molecule has 140 valence electrons. The van der Waals surface area contributed by atoms with Gasteiger partial charge in [-0.25, -0.2) is 4.98 Å². The summed E-state index contributed by atoms with van der Waals surface area (Å²) in [7, 11) is 1.43. The fourth-order valence-electron chi connectivity index (χ4n) is 2.94. The molecule has 3 N–H and O–H groups in total. The Morgan fingerprint density at radius 2 is 2.08 bits per heavy atom. The molecular formula is C16H19F3N6O. The number of hydrogen-bond acceptors (Lipinski definition) is 5. The second-order valence-electron chi connectivity index (χ2n) is 6.07. The number of carbonyl (C=O) groups is 1. The van der Waals surface area contributed by atoms with E-state index in [1.54, 1.807) is 6.20 Å². The summed E-state index contributed by atoms with van der Waals surface area (Å²) in [5.41, 5.74) is 0.584. The van der Waals surface area contributed by atoms with Crippen molar-refractivity contribution in [1.82, 2.24) is 20.1 Å². The minimum absolute atomic E-state index is 0.0259. The predicted octanol–water partition coefficient (Wildman–Crippen LogP) is 2.84. The van der Waals surface area contributed by atoms with Crippen LogP contribution in [-0.4, -0.2) is 34.3 Å². The molecule has 0 aromatic carbocycles. The number of amides is 1. The molecule has 0 spiro atoms. The summed E-state index contributed by atoms with van der Waals surface area (Å²) < 4.78 is 40.7. The maximum absolute atomic E-state index is 13.0. The lowest BCUT2D eigenvalue weighted by molar-refractivity contribution is -0.137. The van der Waals surface area contributed by atoms with Crippen molar-refractivity contribution in [2.24, 2.45) is 0 Å². The second-order valence-corrected chi connectivity index (χ2v) is 6.07. The normalized spacial score (nSPS) is 17.7. The third-order valence-electron chi connectivity index (χ3n) is 4.37. The Bertz CT molecular complexity index is 807. The van der Waals surface area contributed by atoms with Crippen LogP contribution < -0.4 is 16.0 Å². The first-order valence-electron chi connectivity index (χ1n) is 8.12. The standard InChI is InChI=1S/C16H19F3N6O/c1-9-13(8-23-25(9)10-3-4-15(26)22-6-10)24-14-5-12(20-2)11(7-21-14)16(17,18)19/h5,7-8,10H,3-4,6H2,1-2H3,(H,22,26)(H2,20,21,24). The average molecular weight is 368 g/mol. The first kappa shape index (κ1) is 18.0. The largest absolute Gasteiger partial charge is 0.419 e. The topological polar surface area (TPSA) is 83.9 Å². The van der Waals surface area contributed by atoms with Gasteiger partial charge in [-0.15, -0.1) is 0 Å². The van der Waals surface area contributed by atoms with Gasteiger partial charge in [-0.05, 0) is 13.3 Å². The number of piperidine rings is 1. The third kappa shape index (κ3) is 3.58. The highest BCUT2D eigenvalue weighted by Gasteiger charge is 2.34. The molecule has 1 aliphatic rings. The molecular weight excluding hydrogens is 349 g/mol. The molecule has 3 rings (SSSR count). The monoisotopic (exact) mass is 368 g/mol. The van der Waals surface area contributed by atoms with Gasteiger partial charge in [-0.1, -0.05) is 0 Å². The molecule has 0 bridgehead atoms. The Balaban J connectivity index is 1.80. The summed E-state index contributed by atoms with van der Waals surface area (Å²) in [5.74, 6) is 0.305. The number of hydrogen-bond donors (Lipinski definition) is 3. The Kier molecular flexibility index (Phi) is 4.75. The zero-order valence-electron chi connectivity index (χ0n) is 14.3. The summed E-state index contributed by atoms with van der Waals surface area (Å²) in [6, 6.07) is 1.36. The highest BCUT2D eigenvalue weighted by atomic mass is 19.4. The fourth-order valence-corrected chi connectivity index (χ4v) is 2.94. The highest BCUT2D eigenvalue weighted by Crippen LogP contribution is 2.35. The highest BCUT2D eigenvalue weighted by molar-refractivity contribution is 5.76. The third-order valence-corrected chi connectivity index (χ3v) is 4.37. The molecule has 1 aliphatic heterocycles. The van der Waals surface area contributed by atoms with E-state index in [2.05, 4.69) is 26.0 Å². The van der Waals surface area contributed by atoms with Crippen LogP contribution in [0.3, 0.4) is 0 Å². The zero-order chi connectivity index (χ0) is 18.9. The molecule has 26 heavy (non-hydrogen) atoms. The van der Waals surface area contributed by atoms with Crippen LogP contribution in [0.15, 0.2) is 18.5 Å². The van der Waals surface area contributed by atoms with E-state index in [-0.39, 0.29) is 23.5 Å². The number of nitrogens with one attached hydrogen (secondary N) is 3. The number of nitrogens with zero attached hydrogens (tertiary/aromatic N) is 3. The number of carbonyl (C=O) groups excluding carboxylic acids is 1. The molecule has 2 aromatic rings. The molecule has 10 heteroatoms. The van der Waals surface area contributed by atoms with Gasteiger partial charge in [0.05, 0.1) is 34.9 Å². The summed E-state index contributed by atoms with van der Waals surface area (Å²) in [5, 5.41) is 12.7. The molecule has 1 unspecified atom stereocenters. The number of aromatic nitrogens is 3. The molecule has 0 aliphatic carbocycles. The summed E-state index contributed by atoms with van der Waals surface area (Å²) in [4.78, 5) is 15.1. The van der Waals surface area contributed by atoms with Gasteiger partial charge >= 0.3 is 6.18 Å². The van der Waals surface area contributed by atoms with Gasteiger partial charge in [0.15, 0.2) is 0 Å². The second kappa shape index (κ2) is 6.85. The SMILES string of the molecule is CNc1cc(Nc2cnn(C3CCC(=O)NC3)c2C)ncc1C(F)(F)F. The Hall–Kier alpha value is -2.78. The Morgan fingerprint density at radius 1 is 1.31 bits per heavy atom. The van der Waals surface area contributed by atoms with Crippen LogP contribution in [0.25, 0.3) is 0 Å². The van der Waals surface area contributed by atoms with Gasteiger partial charge in [0.1, 0.15) is 5.82 Å². The van der Waals surface area contributed by atoms with Crippen LogP contribution in [0.4, 0.5) is 30.4 Å². The van der Waals surface area contributed by atoms with Crippen molar-refractivity contribution in [2.45, 2.75) is 32.0 Å². The number of anilines is 3. The van der Waals surface area contributed by atoms with E-state index in [9.17, 15) is 18.0 Å². The number of rotatable bonds is 4. The summed E-state index contributed by atoms with van der Waals surface area (Å²) in [6.45, 7) is 2.36. The van der Waals surface area contributed by atoms with E-state index < -0.39 is 11.7 Å². The molecule has 7 nitrogen and oxygen atoms in total. The first-order valence-corrected chi connectivity index (χ1v) is 8.12. The van der Waals surface area contributed by atoms with E-state index >= 15 is 0 Å². The molecule has 3 heterocycles. The number of halogens is 3. The average Bonchev–Trinajstić information content (AvgIpc) is 2.95. The first-order chi connectivity index (χ1) is 12.3. The van der Waals surface area contributed by atoms with Crippen molar-refractivity contribution in [3.8, 4) is 0 Å². The van der Waals surface area contributed by atoms with Gasteiger partial charge in [0.2, 0.25) is 5.91 Å². The molecule has 1 fully saturated rings. The van der Waals surface area contributed by atoms with E-state index in [4.69, 9.17) is 0 Å². The van der Waals surface area contributed by atoms with E-state index in [1.807, 2.05) is 11.6 Å². The van der Waals surface area contributed by atoms with Crippen LogP contribution in [-0.2, 0) is 11.0 Å². The van der Waals surface area contributed by atoms with E-state index in [0.717, 1.165) is 11.9 Å². The predicted molar refractivity (Wildman–Crippen MR) is 90.3 cm³/mol. The Morgan fingerprint density at radius 3 is 2.69 bits per heavy atom. The Labute approximate surface area is 148 Å². The van der Waals surface area contributed by atoms with Crippen molar-refractivity contribution in [3.63, 3.8) is 0 Å². The number of alkyl halides is 3. The molecule has 1 saturated heterocycles. The van der Waals surface area contributed by atoms with Gasteiger partial charge in [0.25, 0.3) is 0 Å². The molecule has 0 saturated carbocycles. The van der Waals surface area contributed by atoms with Gasteiger partial charge < -0.3 is 16.0 Å². The van der Waals surface area contributed by atoms with Gasteiger partial charge in [-0.3, -0.25) is 9.48 Å². The molecule has 2 aromatic heterocycles. The van der Waals surface area contributed by atoms with Crippen LogP contribution in [0.5, 0.6) is 0 Å². The van der Waals surface area contributed by atoms with Crippen molar-refractivity contribution in [2.75, 3.05) is 24.2 Å². The molecule has 0 radical (unpaired) electrons. The maximum Gasteiger partial charge on any atom is 0.419 e. The van der Waals surface area contributed by atoms with Crippen LogP contribution >= 0.6 is 0 Å². The number of pyridine rings is 1. The molecule has 1 amide bonds. The van der Waals surface area contributed by atoms with Crippen LogP contribution in [0.1, 0.15) is 30.1 Å². The van der Waals surface area contributed by atoms with Gasteiger partial charge in [-0.2, -0.15) is 18.3 Å². The maximum atomic E-state index is 13.0. The van der Waals surface area contributed by atoms with E-state index in [0.29, 0.717) is 25.1 Å². The van der Waals surface area contributed by atoms with Crippen molar-refractivity contribution in [1.29, 1.82) is 0 Å². The fraction of sp³-hybridized carbons (Fsp3) is 0.438. The lowest BCUT2D eigenvalue weighted by Gasteiger charge is -2.24. The summed E-state index contributed by atoms with van der Waals surface area (Å²) >= 11 is 0. The minimum Gasteiger partial charge on any atom is -0.387 e. The lowest BCUT2D eigenvalue weighted by atomic mass is 10.1. The smallest absolute Gasteiger partial charge is 0.387 e. The van der Waals surface area contributed by atoms with Crippen molar-refractivity contribution in [3.05, 3.63) is 29.7 Å². The minimum atomic E-state index is -4.48. The quantitative estimate of drug-likeness (QED) is 0.773. The van der Waals surface area contributed by atoms with Crippen molar-refractivity contribution >= 4 is 23.1 Å². The van der Waals surface area contributed by atoms with Crippen LogP contribution in [0.2, 0.25) is 0 Å². The van der Waals surface area contributed by atoms with Crippen molar-refractivity contribution < 1.29 is 18.0 Å².